The van der Waals surface area contributed by atoms with Gasteiger partial charge in [0, 0.05) is 31.7 Å². The van der Waals surface area contributed by atoms with Crippen LogP contribution in [0.1, 0.15) is 62.4 Å². The fraction of sp³-hybridized carbons (Fsp3) is 0.536. The molecule has 35 heavy (non-hydrogen) atoms. The van der Waals surface area contributed by atoms with Crippen LogP contribution in [0.25, 0.3) is 0 Å². The van der Waals surface area contributed by atoms with Gasteiger partial charge in [0.1, 0.15) is 0 Å². The summed E-state index contributed by atoms with van der Waals surface area (Å²) >= 11 is 0. The number of nitrogens with zero attached hydrogens (tertiary/aromatic N) is 2. The van der Waals surface area contributed by atoms with Crippen molar-refractivity contribution in [2.45, 2.75) is 63.7 Å². The Balaban J connectivity index is 1.76. The first-order chi connectivity index (χ1) is 16.6. The van der Waals surface area contributed by atoms with E-state index in [2.05, 4.69) is 0 Å². The first-order valence-electron chi connectivity index (χ1n) is 12.6. The monoisotopic (exact) mass is 500 g/mol. The van der Waals surface area contributed by atoms with Crippen LogP contribution in [0, 0.1) is 5.92 Å². The Morgan fingerprint density at radius 2 is 1.54 bits per heavy atom. The van der Waals surface area contributed by atoms with Crippen molar-refractivity contribution in [3.8, 4) is 0 Å². The maximum atomic E-state index is 13.4. The summed E-state index contributed by atoms with van der Waals surface area (Å²) in [5, 5.41) is 11.1. The molecule has 1 N–H and O–H groups in total. The minimum Gasteiger partial charge on any atom is -0.390 e. The van der Waals surface area contributed by atoms with Gasteiger partial charge in [-0.3, -0.25) is 4.79 Å². The molecule has 0 unspecified atom stereocenters. The van der Waals surface area contributed by atoms with E-state index in [-0.39, 0.29) is 19.0 Å². The number of benzene rings is 2. The molecule has 3 rings (SSSR count). The molecular weight excluding hydrogens is 460 g/mol. The smallest absolute Gasteiger partial charge is 0.253 e. The Kier molecular flexibility index (Phi) is 9.50. The molecule has 2 aromatic rings. The molecule has 0 radical (unpaired) electrons. The second kappa shape index (κ2) is 12.2. The van der Waals surface area contributed by atoms with Gasteiger partial charge < -0.3 is 10.0 Å². The van der Waals surface area contributed by atoms with Gasteiger partial charge in [-0.05, 0) is 63.6 Å². The van der Waals surface area contributed by atoms with E-state index >= 15 is 0 Å². The Morgan fingerprint density at radius 3 is 2.11 bits per heavy atom. The van der Waals surface area contributed by atoms with Gasteiger partial charge in [-0.2, -0.15) is 4.31 Å². The number of aliphatic hydroxyl groups is 1. The van der Waals surface area contributed by atoms with Crippen molar-refractivity contribution in [1.29, 1.82) is 0 Å². The van der Waals surface area contributed by atoms with Crippen molar-refractivity contribution in [2.24, 2.45) is 5.92 Å². The molecule has 1 amide bonds. The molecule has 1 aliphatic rings. The lowest BCUT2D eigenvalue weighted by Crippen LogP contribution is -2.50. The second-order valence-electron chi connectivity index (χ2n) is 10.6. The molecule has 6 nitrogen and oxygen atoms in total. The van der Waals surface area contributed by atoms with Crippen molar-refractivity contribution < 1.29 is 18.3 Å². The van der Waals surface area contributed by atoms with Crippen molar-refractivity contribution in [1.82, 2.24) is 9.21 Å². The fourth-order valence-electron chi connectivity index (χ4n) is 4.63. The molecule has 0 saturated heterocycles. The van der Waals surface area contributed by atoms with E-state index in [1.165, 1.54) is 4.31 Å². The lowest BCUT2D eigenvalue weighted by atomic mass is 10.1. The van der Waals surface area contributed by atoms with E-state index in [1.807, 2.05) is 48.5 Å². The summed E-state index contributed by atoms with van der Waals surface area (Å²) in [6.07, 6.45) is 3.93. The molecule has 1 aliphatic carbocycles. The lowest BCUT2D eigenvalue weighted by Gasteiger charge is -2.34. The number of hydrogen-bond acceptors (Lipinski definition) is 4. The van der Waals surface area contributed by atoms with Gasteiger partial charge in [0.05, 0.1) is 10.9 Å². The Bertz CT molecular complexity index is 1030. The van der Waals surface area contributed by atoms with Gasteiger partial charge in [-0.1, -0.05) is 61.4 Å². The maximum Gasteiger partial charge on any atom is 0.253 e. The largest absolute Gasteiger partial charge is 0.390 e. The van der Waals surface area contributed by atoms with Gasteiger partial charge in [-0.15, -0.1) is 0 Å². The SMILES string of the molecule is CC(C)(C)S(=O)(=O)N(CC1CCCC1)C[C@@H](O)CN(CCc1ccccc1)C(=O)c1ccccc1. The topological polar surface area (TPSA) is 77.9 Å². The zero-order valence-electron chi connectivity index (χ0n) is 21.3. The van der Waals surface area contributed by atoms with Crippen LogP contribution >= 0.6 is 0 Å². The minimum absolute atomic E-state index is 0.0139. The Hall–Kier alpha value is -2.22. The van der Waals surface area contributed by atoms with Crippen molar-refractivity contribution in [3.63, 3.8) is 0 Å². The number of carbonyl (C=O) groups is 1. The summed E-state index contributed by atoms with van der Waals surface area (Å²) in [7, 11) is -3.61. The van der Waals surface area contributed by atoms with E-state index in [0.717, 1.165) is 31.2 Å². The highest BCUT2D eigenvalue weighted by molar-refractivity contribution is 7.90. The first kappa shape index (κ1) is 27.4. The van der Waals surface area contributed by atoms with Gasteiger partial charge >= 0.3 is 0 Å². The molecule has 1 saturated carbocycles. The molecule has 0 bridgehead atoms. The molecule has 0 aliphatic heterocycles. The van der Waals surface area contributed by atoms with Crippen LogP contribution < -0.4 is 0 Å². The molecular formula is C28H40N2O4S. The quantitative estimate of drug-likeness (QED) is 0.498. The summed E-state index contributed by atoms with van der Waals surface area (Å²) in [4.78, 5) is 14.9. The predicted molar refractivity (Wildman–Crippen MR) is 141 cm³/mol. The zero-order chi connectivity index (χ0) is 25.5. The summed E-state index contributed by atoms with van der Waals surface area (Å²) in [5.41, 5.74) is 1.66. The molecule has 1 atom stereocenters. The number of carbonyl (C=O) groups excluding carboxylic acids is 1. The van der Waals surface area contributed by atoms with E-state index in [4.69, 9.17) is 0 Å². The minimum atomic E-state index is -3.61. The second-order valence-corrected chi connectivity index (χ2v) is 13.3. The summed E-state index contributed by atoms with van der Waals surface area (Å²) in [5.74, 6) is 0.154. The van der Waals surface area contributed by atoms with Crippen LogP contribution in [0.4, 0.5) is 0 Å². The average molecular weight is 501 g/mol. The van der Waals surface area contributed by atoms with Crippen LogP contribution in [-0.4, -0.2) is 65.7 Å². The van der Waals surface area contributed by atoms with Gasteiger partial charge in [0.25, 0.3) is 5.91 Å². The zero-order valence-corrected chi connectivity index (χ0v) is 22.1. The maximum absolute atomic E-state index is 13.4. The van der Waals surface area contributed by atoms with E-state index < -0.39 is 20.9 Å². The third kappa shape index (κ3) is 7.63. The van der Waals surface area contributed by atoms with E-state index in [1.54, 1.807) is 37.8 Å². The first-order valence-corrected chi connectivity index (χ1v) is 14.1. The number of hydrogen-bond donors (Lipinski definition) is 1. The summed E-state index contributed by atoms with van der Waals surface area (Å²) < 4.78 is 27.2. The highest BCUT2D eigenvalue weighted by Crippen LogP contribution is 2.29. The molecule has 2 aromatic carbocycles. The third-order valence-corrected chi connectivity index (χ3v) is 9.24. The Labute approximate surface area is 211 Å². The summed E-state index contributed by atoms with van der Waals surface area (Å²) in [6, 6.07) is 18.9. The lowest BCUT2D eigenvalue weighted by molar-refractivity contribution is 0.0583. The van der Waals surface area contributed by atoms with Crippen molar-refractivity contribution in [2.75, 3.05) is 26.2 Å². The molecule has 0 aromatic heterocycles. The van der Waals surface area contributed by atoms with Crippen LogP contribution in [0.3, 0.4) is 0 Å². The van der Waals surface area contributed by atoms with Gasteiger partial charge in [0.2, 0.25) is 10.0 Å². The fourth-order valence-corrected chi connectivity index (χ4v) is 6.18. The van der Waals surface area contributed by atoms with Crippen molar-refractivity contribution in [3.05, 3.63) is 71.8 Å². The number of rotatable bonds is 11. The molecule has 0 heterocycles. The molecule has 7 heteroatoms. The highest BCUT2D eigenvalue weighted by Gasteiger charge is 2.38. The average Bonchev–Trinajstić information content (AvgIpc) is 3.34. The van der Waals surface area contributed by atoms with Crippen LogP contribution in [-0.2, 0) is 16.4 Å². The van der Waals surface area contributed by atoms with Crippen LogP contribution in [0.15, 0.2) is 60.7 Å². The van der Waals surface area contributed by atoms with Crippen LogP contribution in [0.2, 0.25) is 0 Å². The number of aliphatic hydroxyl groups excluding tert-OH is 1. The number of sulfonamides is 1. The van der Waals surface area contributed by atoms with E-state index in [9.17, 15) is 18.3 Å². The Morgan fingerprint density at radius 1 is 0.971 bits per heavy atom. The van der Waals surface area contributed by atoms with Gasteiger partial charge in [-0.25, -0.2) is 8.42 Å². The molecule has 192 valence electrons. The normalized spacial score (nSPS) is 15.9. The predicted octanol–water partition coefficient (Wildman–Crippen LogP) is 4.35. The molecule has 0 spiro atoms. The van der Waals surface area contributed by atoms with Gasteiger partial charge in [0.15, 0.2) is 0 Å². The standard InChI is InChI=1S/C28H40N2O4S/c1-28(2,3)35(33,34)30(20-24-14-10-11-15-24)22-26(31)21-29(19-18-23-12-6-4-7-13-23)27(32)25-16-8-5-9-17-25/h4-9,12-13,16-17,24,26,31H,10-11,14-15,18-22H2,1-3H3/t26-/m0/s1. The highest BCUT2D eigenvalue weighted by atomic mass is 32.2. The van der Waals surface area contributed by atoms with E-state index in [0.29, 0.717) is 31.0 Å². The third-order valence-electron chi connectivity index (χ3n) is 6.72. The number of amides is 1. The molecule has 1 fully saturated rings. The van der Waals surface area contributed by atoms with Crippen molar-refractivity contribution >= 4 is 15.9 Å². The van der Waals surface area contributed by atoms with Crippen LogP contribution in [0.5, 0.6) is 0 Å². The summed E-state index contributed by atoms with van der Waals surface area (Å²) in [6.45, 7) is 6.00.